The van der Waals surface area contributed by atoms with Crippen molar-refractivity contribution in [2.45, 2.75) is 46.1 Å². The van der Waals surface area contributed by atoms with Gasteiger partial charge in [0.1, 0.15) is 0 Å². The summed E-state index contributed by atoms with van der Waals surface area (Å²) in [5, 5.41) is 0. The highest BCUT2D eigenvalue weighted by molar-refractivity contribution is 4.54. The van der Waals surface area contributed by atoms with E-state index < -0.39 is 0 Å². The molecule has 1 heteroatoms. The van der Waals surface area contributed by atoms with Gasteiger partial charge in [-0.3, -0.25) is 0 Å². The Morgan fingerprint density at radius 2 is 1.70 bits per heavy atom. The lowest BCUT2D eigenvalue weighted by atomic mass is 10.1. The number of hydrogen-bond acceptors (Lipinski definition) is 0. The third-order valence-corrected chi connectivity index (χ3v) is 2.19. The maximum atomic E-state index is 2.29. The van der Waals surface area contributed by atoms with Crippen molar-refractivity contribution in [1.82, 2.24) is 0 Å². The molecule has 0 aliphatic carbocycles. The lowest BCUT2D eigenvalue weighted by Crippen LogP contribution is -3.16. The van der Waals surface area contributed by atoms with Gasteiger partial charge < -0.3 is 4.90 Å². The molecule has 0 saturated heterocycles. The molecule has 0 radical (unpaired) electrons. The highest BCUT2D eigenvalue weighted by Gasteiger charge is 2.19. The molecule has 0 aromatic carbocycles. The number of unbranched alkanes of at least 4 members (excludes halogenated alkanes) is 1. The molecule has 10 heavy (non-hydrogen) atoms. The van der Waals surface area contributed by atoms with Crippen LogP contribution in [0.5, 0.6) is 0 Å². The summed E-state index contributed by atoms with van der Waals surface area (Å²) < 4.78 is 0. The first kappa shape index (κ1) is 9.96. The molecular weight excluding hydrogens is 122 g/mol. The molecule has 0 aromatic heterocycles. The molecule has 0 aromatic rings. The van der Waals surface area contributed by atoms with Crippen LogP contribution in [-0.2, 0) is 0 Å². The molecule has 0 heterocycles. The van der Waals surface area contributed by atoms with Crippen LogP contribution in [-0.4, -0.2) is 19.1 Å². The van der Waals surface area contributed by atoms with Gasteiger partial charge in [0.2, 0.25) is 0 Å². The molecule has 1 atom stereocenters. The minimum absolute atomic E-state index is 0.426. The van der Waals surface area contributed by atoms with Crippen LogP contribution in [0.3, 0.4) is 0 Å². The summed E-state index contributed by atoms with van der Waals surface area (Å²) in [7, 11) is 2.27. The Morgan fingerprint density at radius 3 is 2.00 bits per heavy atom. The molecular formula is C9H22N+. The summed E-state index contributed by atoms with van der Waals surface area (Å²) in [5.74, 6) is 0. The molecule has 0 aliphatic rings. The zero-order chi connectivity index (χ0) is 8.20. The Labute approximate surface area is 65.4 Å². The fourth-order valence-corrected chi connectivity index (χ4v) is 0.817. The van der Waals surface area contributed by atoms with E-state index >= 15 is 0 Å². The Hall–Kier alpha value is -0.0400. The van der Waals surface area contributed by atoms with E-state index in [1.165, 1.54) is 19.4 Å². The average molecular weight is 144 g/mol. The van der Waals surface area contributed by atoms with Gasteiger partial charge in [0.15, 0.2) is 0 Å². The van der Waals surface area contributed by atoms with Crippen molar-refractivity contribution in [1.29, 1.82) is 0 Å². The second-order valence-electron chi connectivity index (χ2n) is 4.13. The summed E-state index contributed by atoms with van der Waals surface area (Å²) in [6, 6.07) is 0. The second kappa shape index (κ2) is 3.97. The molecule has 0 bridgehead atoms. The highest BCUT2D eigenvalue weighted by Crippen LogP contribution is 1.91. The van der Waals surface area contributed by atoms with E-state index in [1.807, 2.05) is 0 Å². The summed E-state index contributed by atoms with van der Waals surface area (Å²) in [6.07, 6.45) is 2.66. The predicted molar refractivity (Wildman–Crippen MR) is 46.4 cm³/mol. The van der Waals surface area contributed by atoms with Gasteiger partial charge in [-0.05, 0) is 27.2 Å². The maximum absolute atomic E-state index is 2.29. The molecule has 0 fully saturated rings. The highest BCUT2D eigenvalue weighted by atomic mass is 15.1. The van der Waals surface area contributed by atoms with E-state index in [0.29, 0.717) is 5.54 Å². The van der Waals surface area contributed by atoms with Gasteiger partial charge >= 0.3 is 0 Å². The van der Waals surface area contributed by atoms with Crippen LogP contribution in [0.4, 0.5) is 0 Å². The minimum Gasteiger partial charge on any atom is -0.333 e. The van der Waals surface area contributed by atoms with Gasteiger partial charge in [0, 0.05) is 0 Å². The first-order valence-electron chi connectivity index (χ1n) is 4.31. The van der Waals surface area contributed by atoms with Crippen LogP contribution >= 0.6 is 0 Å². The van der Waals surface area contributed by atoms with Crippen LogP contribution < -0.4 is 4.90 Å². The number of quaternary nitrogens is 1. The standard InChI is InChI=1S/C9H21N/c1-6-7-8-10(5)9(2,3)4/h6-8H2,1-5H3/p+1. The number of rotatable bonds is 3. The Balaban J connectivity index is 3.52. The van der Waals surface area contributed by atoms with Gasteiger partial charge in [0.25, 0.3) is 0 Å². The fourth-order valence-electron chi connectivity index (χ4n) is 0.817. The smallest absolute Gasteiger partial charge is 0.0889 e. The van der Waals surface area contributed by atoms with Crippen LogP contribution in [0.2, 0.25) is 0 Å². The topological polar surface area (TPSA) is 4.44 Å². The van der Waals surface area contributed by atoms with Gasteiger partial charge in [-0.25, -0.2) is 0 Å². The zero-order valence-corrected chi connectivity index (χ0v) is 8.12. The first-order chi connectivity index (χ1) is 4.48. The molecule has 1 unspecified atom stereocenters. The second-order valence-corrected chi connectivity index (χ2v) is 4.13. The largest absolute Gasteiger partial charge is 0.333 e. The van der Waals surface area contributed by atoms with Crippen molar-refractivity contribution in [2.24, 2.45) is 0 Å². The van der Waals surface area contributed by atoms with Gasteiger partial charge in [0.05, 0.1) is 19.1 Å². The monoisotopic (exact) mass is 144 g/mol. The first-order valence-corrected chi connectivity index (χ1v) is 4.31. The number of nitrogens with one attached hydrogen (secondary N) is 1. The van der Waals surface area contributed by atoms with Crippen molar-refractivity contribution in [3.8, 4) is 0 Å². The molecule has 0 amide bonds. The molecule has 0 rings (SSSR count). The van der Waals surface area contributed by atoms with Crippen molar-refractivity contribution < 1.29 is 4.90 Å². The zero-order valence-electron chi connectivity index (χ0n) is 8.12. The summed E-state index contributed by atoms with van der Waals surface area (Å²) in [4.78, 5) is 1.63. The average Bonchev–Trinajstić information content (AvgIpc) is 1.80. The Kier molecular flexibility index (Phi) is 3.95. The predicted octanol–water partition coefficient (Wildman–Crippen LogP) is 1.10. The maximum Gasteiger partial charge on any atom is 0.0889 e. The van der Waals surface area contributed by atoms with Crippen LogP contribution in [0.25, 0.3) is 0 Å². The third kappa shape index (κ3) is 3.89. The summed E-state index contributed by atoms with van der Waals surface area (Å²) in [6.45, 7) is 10.4. The van der Waals surface area contributed by atoms with Gasteiger partial charge in [-0.1, -0.05) is 13.3 Å². The van der Waals surface area contributed by atoms with Crippen molar-refractivity contribution >= 4 is 0 Å². The van der Waals surface area contributed by atoms with Crippen LogP contribution in [0, 0.1) is 0 Å². The van der Waals surface area contributed by atoms with Gasteiger partial charge in [-0.2, -0.15) is 0 Å². The van der Waals surface area contributed by atoms with Crippen molar-refractivity contribution in [2.75, 3.05) is 13.6 Å². The Bertz CT molecular complexity index is 81.2. The number of hydrogen-bond donors (Lipinski definition) is 1. The summed E-state index contributed by atoms with van der Waals surface area (Å²) >= 11 is 0. The quantitative estimate of drug-likeness (QED) is 0.605. The molecule has 62 valence electrons. The minimum atomic E-state index is 0.426. The SMILES string of the molecule is CCCC[NH+](C)C(C)(C)C. The van der Waals surface area contributed by atoms with Crippen molar-refractivity contribution in [3.05, 3.63) is 0 Å². The third-order valence-electron chi connectivity index (χ3n) is 2.19. The van der Waals surface area contributed by atoms with E-state index in [1.54, 1.807) is 4.90 Å². The van der Waals surface area contributed by atoms with Gasteiger partial charge in [-0.15, -0.1) is 0 Å². The summed E-state index contributed by atoms with van der Waals surface area (Å²) in [5.41, 5.74) is 0.426. The molecule has 0 aliphatic heterocycles. The lowest BCUT2D eigenvalue weighted by molar-refractivity contribution is -0.928. The van der Waals surface area contributed by atoms with E-state index in [2.05, 4.69) is 34.7 Å². The van der Waals surface area contributed by atoms with Crippen LogP contribution in [0.15, 0.2) is 0 Å². The fraction of sp³-hybridized carbons (Fsp3) is 1.00. The normalized spacial score (nSPS) is 15.3. The van der Waals surface area contributed by atoms with E-state index in [4.69, 9.17) is 0 Å². The Morgan fingerprint density at radius 1 is 1.20 bits per heavy atom. The molecule has 1 N–H and O–H groups in total. The van der Waals surface area contributed by atoms with E-state index in [9.17, 15) is 0 Å². The molecule has 0 saturated carbocycles. The molecule has 1 nitrogen and oxygen atoms in total. The van der Waals surface area contributed by atoms with E-state index in [0.717, 1.165) is 0 Å². The van der Waals surface area contributed by atoms with Crippen molar-refractivity contribution in [3.63, 3.8) is 0 Å². The van der Waals surface area contributed by atoms with E-state index in [-0.39, 0.29) is 0 Å². The van der Waals surface area contributed by atoms with Crippen LogP contribution in [0.1, 0.15) is 40.5 Å². The molecule has 0 spiro atoms. The lowest BCUT2D eigenvalue weighted by Gasteiger charge is -2.28.